The molecule has 3 heteroatoms. The fourth-order valence-corrected chi connectivity index (χ4v) is 1.40. The van der Waals surface area contributed by atoms with Crippen LogP contribution in [0.1, 0.15) is 5.56 Å². The molecular formula is C11H12FNO. The van der Waals surface area contributed by atoms with Crippen molar-refractivity contribution in [3.63, 3.8) is 0 Å². The van der Waals surface area contributed by atoms with Gasteiger partial charge >= 0.3 is 0 Å². The molecule has 0 aromatic heterocycles. The van der Waals surface area contributed by atoms with Crippen LogP contribution in [0.4, 0.5) is 4.39 Å². The molecule has 2 nitrogen and oxygen atoms in total. The molecule has 1 aromatic carbocycles. The van der Waals surface area contributed by atoms with Gasteiger partial charge in [-0.25, -0.2) is 4.39 Å². The van der Waals surface area contributed by atoms with Crippen LogP contribution in [0.15, 0.2) is 36.6 Å². The molecule has 1 aliphatic rings. The summed E-state index contributed by atoms with van der Waals surface area (Å²) in [5.41, 5.74) is 1.07. The predicted octanol–water partition coefficient (Wildman–Crippen LogP) is 1.83. The number of halogens is 1. The van der Waals surface area contributed by atoms with E-state index in [-0.39, 0.29) is 12.0 Å². The minimum Gasteiger partial charge on any atom is -0.483 e. The van der Waals surface area contributed by atoms with Crippen molar-refractivity contribution < 1.29 is 9.13 Å². The Labute approximate surface area is 82.4 Å². The van der Waals surface area contributed by atoms with Crippen LogP contribution in [0.3, 0.4) is 0 Å². The summed E-state index contributed by atoms with van der Waals surface area (Å²) in [5, 5.41) is 3.18. The smallest absolute Gasteiger partial charge is 0.153 e. The summed E-state index contributed by atoms with van der Waals surface area (Å²) in [6.45, 7) is 0.825. The third-order valence-electron chi connectivity index (χ3n) is 2.14. The van der Waals surface area contributed by atoms with Crippen molar-refractivity contribution in [3.8, 4) is 0 Å². The van der Waals surface area contributed by atoms with Crippen molar-refractivity contribution in [2.75, 3.05) is 6.54 Å². The van der Waals surface area contributed by atoms with E-state index in [0.717, 1.165) is 18.5 Å². The van der Waals surface area contributed by atoms with Gasteiger partial charge in [-0.05, 0) is 23.8 Å². The molecule has 0 fully saturated rings. The first kappa shape index (κ1) is 9.21. The molecule has 0 amide bonds. The molecule has 1 aromatic rings. The molecule has 0 saturated carbocycles. The van der Waals surface area contributed by atoms with Crippen molar-refractivity contribution in [2.24, 2.45) is 0 Å². The number of rotatable bonds is 2. The number of nitrogens with one attached hydrogen (secondary N) is 1. The second-order valence-corrected chi connectivity index (χ2v) is 3.24. The lowest BCUT2D eigenvalue weighted by Crippen LogP contribution is -2.35. The van der Waals surface area contributed by atoms with Crippen LogP contribution in [0.2, 0.25) is 0 Å². The molecule has 1 unspecified atom stereocenters. The first-order valence-electron chi connectivity index (χ1n) is 4.63. The van der Waals surface area contributed by atoms with Crippen LogP contribution in [-0.4, -0.2) is 12.8 Å². The van der Waals surface area contributed by atoms with Crippen molar-refractivity contribution in [1.29, 1.82) is 0 Å². The van der Waals surface area contributed by atoms with Gasteiger partial charge in [0.15, 0.2) is 6.23 Å². The highest BCUT2D eigenvalue weighted by atomic mass is 19.1. The van der Waals surface area contributed by atoms with Gasteiger partial charge in [0.1, 0.15) is 5.82 Å². The van der Waals surface area contributed by atoms with Gasteiger partial charge in [-0.3, -0.25) is 5.32 Å². The molecule has 1 atom stereocenters. The second kappa shape index (κ2) is 4.24. The lowest BCUT2D eigenvalue weighted by Gasteiger charge is -2.20. The molecule has 0 saturated heterocycles. The Kier molecular flexibility index (Phi) is 2.79. The zero-order valence-electron chi connectivity index (χ0n) is 7.74. The molecule has 1 aliphatic heterocycles. The van der Waals surface area contributed by atoms with Crippen LogP contribution >= 0.6 is 0 Å². The molecule has 0 spiro atoms. The quantitative estimate of drug-likeness (QED) is 0.773. The summed E-state index contributed by atoms with van der Waals surface area (Å²) >= 11 is 0. The van der Waals surface area contributed by atoms with Crippen LogP contribution in [-0.2, 0) is 11.2 Å². The third-order valence-corrected chi connectivity index (χ3v) is 2.14. The molecular weight excluding hydrogens is 181 g/mol. The minimum atomic E-state index is -0.203. The molecule has 1 N–H and O–H groups in total. The zero-order chi connectivity index (χ0) is 9.80. The Balaban J connectivity index is 1.96. The molecule has 0 bridgehead atoms. The molecule has 14 heavy (non-hydrogen) atoms. The van der Waals surface area contributed by atoms with Crippen LogP contribution in [0.5, 0.6) is 0 Å². The maximum absolute atomic E-state index is 12.6. The van der Waals surface area contributed by atoms with Crippen molar-refractivity contribution in [3.05, 3.63) is 48.0 Å². The number of ether oxygens (including phenoxy) is 1. The maximum atomic E-state index is 12.6. The van der Waals surface area contributed by atoms with Gasteiger partial charge in [0.25, 0.3) is 0 Å². The molecule has 74 valence electrons. The summed E-state index contributed by atoms with van der Waals surface area (Å²) in [6, 6.07) is 6.49. The highest BCUT2D eigenvalue weighted by Gasteiger charge is 2.10. The second-order valence-electron chi connectivity index (χ2n) is 3.24. The van der Waals surface area contributed by atoms with E-state index in [9.17, 15) is 4.39 Å². The first-order chi connectivity index (χ1) is 6.84. The van der Waals surface area contributed by atoms with Gasteiger partial charge in [0.05, 0.1) is 6.26 Å². The van der Waals surface area contributed by atoms with E-state index in [2.05, 4.69) is 5.32 Å². The Morgan fingerprint density at radius 1 is 1.36 bits per heavy atom. The largest absolute Gasteiger partial charge is 0.483 e. The van der Waals surface area contributed by atoms with Gasteiger partial charge in [0, 0.05) is 13.0 Å². The average Bonchev–Trinajstić information content (AvgIpc) is 2.23. The van der Waals surface area contributed by atoms with Crippen LogP contribution < -0.4 is 5.32 Å². The van der Waals surface area contributed by atoms with E-state index in [0.29, 0.717) is 0 Å². The van der Waals surface area contributed by atoms with Gasteiger partial charge < -0.3 is 4.74 Å². The third kappa shape index (κ3) is 2.33. The highest BCUT2D eigenvalue weighted by Crippen LogP contribution is 2.08. The van der Waals surface area contributed by atoms with E-state index >= 15 is 0 Å². The lowest BCUT2D eigenvalue weighted by atomic mass is 10.1. The summed E-state index contributed by atoms with van der Waals surface area (Å²) < 4.78 is 17.9. The molecule has 0 aliphatic carbocycles. The van der Waals surface area contributed by atoms with Crippen molar-refractivity contribution in [1.82, 2.24) is 5.32 Å². The van der Waals surface area contributed by atoms with Gasteiger partial charge in [-0.2, -0.15) is 0 Å². The van der Waals surface area contributed by atoms with Gasteiger partial charge in [-0.1, -0.05) is 12.1 Å². The Bertz CT molecular complexity index is 321. The summed E-state index contributed by atoms with van der Waals surface area (Å²) in [7, 11) is 0. The molecule has 1 heterocycles. The minimum absolute atomic E-state index is 0.00506. The zero-order valence-corrected chi connectivity index (χ0v) is 7.74. The summed E-state index contributed by atoms with van der Waals surface area (Å²) in [6.07, 6.45) is 4.38. The predicted molar refractivity (Wildman–Crippen MR) is 52.1 cm³/mol. The topological polar surface area (TPSA) is 21.3 Å². The van der Waals surface area contributed by atoms with E-state index in [1.807, 2.05) is 6.08 Å². The Hall–Kier alpha value is -1.35. The highest BCUT2D eigenvalue weighted by molar-refractivity contribution is 5.16. The Morgan fingerprint density at radius 2 is 2.14 bits per heavy atom. The standard InChI is InChI=1S/C11H12FNO/c12-10-4-2-9(3-5-10)8-11-13-6-1-7-14-11/h1-5,7,11,13H,6,8H2. The van der Waals surface area contributed by atoms with Gasteiger partial charge in [-0.15, -0.1) is 0 Å². The number of hydrogen-bond acceptors (Lipinski definition) is 2. The fraction of sp³-hybridized carbons (Fsp3) is 0.273. The summed E-state index contributed by atoms with van der Waals surface area (Å²) in [4.78, 5) is 0. The normalized spacial score (nSPS) is 20.5. The Morgan fingerprint density at radius 3 is 2.79 bits per heavy atom. The van der Waals surface area contributed by atoms with Crippen LogP contribution in [0.25, 0.3) is 0 Å². The van der Waals surface area contributed by atoms with Crippen LogP contribution in [0, 0.1) is 5.82 Å². The van der Waals surface area contributed by atoms with E-state index < -0.39 is 0 Å². The number of hydrogen-bond donors (Lipinski definition) is 1. The lowest BCUT2D eigenvalue weighted by molar-refractivity contribution is 0.103. The van der Waals surface area contributed by atoms with Crippen molar-refractivity contribution >= 4 is 0 Å². The first-order valence-corrected chi connectivity index (χ1v) is 4.63. The maximum Gasteiger partial charge on any atom is 0.153 e. The van der Waals surface area contributed by atoms with Gasteiger partial charge in [0.2, 0.25) is 0 Å². The molecule has 0 radical (unpaired) electrons. The number of benzene rings is 1. The van der Waals surface area contributed by atoms with E-state index in [1.54, 1.807) is 18.4 Å². The summed E-state index contributed by atoms with van der Waals surface area (Å²) in [5.74, 6) is -0.203. The SMILES string of the molecule is Fc1ccc(CC2NCC=CO2)cc1. The molecule has 2 rings (SSSR count). The fourth-order valence-electron chi connectivity index (χ4n) is 1.40. The van der Waals surface area contributed by atoms with E-state index in [1.165, 1.54) is 12.1 Å². The van der Waals surface area contributed by atoms with E-state index in [4.69, 9.17) is 4.74 Å². The monoisotopic (exact) mass is 193 g/mol. The average molecular weight is 193 g/mol. The van der Waals surface area contributed by atoms with Crippen molar-refractivity contribution in [2.45, 2.75) is 12.6 Å².